The van der Waals surface area contributed by atoms with Crippen LogP contribution in [0.15, 0.2) is 72.9 Å². The Morgan fingerprint density at radius 2 is 0.590 bits per heavy atom. The monoisotopic (exact) mass is 851 g/mol. The lowest BCUT2D eigenvalue weighted by Gasteiger charge is -2.18. The van der Waals surface area contributed by atoms with E-state index in [1.807, 2.05) is 0 Å². The lowest BCUT2D eigenvalue weighted by atomic mass is 10.0. The molecule has 0 unspecified atom stereocenters. The van der Waals surface area contributed by atoms with Crippen LogP contribution in [0.2, 0.25) is 0 Å². The summed E-state index contributed by atoms with van der Waals surface area (Å²) in [4.78, 5) is 37.9. The van der Waals surface area contributed by atoms with Gasteiger partial charge >= 0.3 is 17.9 Å². The summed E-state index contributed by atoms with van der Waals surface area (Å²) in [5.74, 6) is -0.977. The first-order valence-corrected chi connectivity index (χ1v) is 25.4. The third-order valence-electron chi connectivity index (χ3n) is 10.7. The number of hydrogen-bond donors (Lipinski definition) is 0. The van der Waals surface area contributed by atoms with Crippen LogP contribution < -0.4 is 0 Å². The number of rotatable bonds is 45. The zero-order valence-corrected chi connectivity index (χ0v) is 39.9. The fraction of sp³-hybridized carbons (Fsp3) is 0.727. The predicted molar refractivity (Wildman–Crippen MR) is 261 cm³/mol. The zero-order chi connectivity index (χ0) is 44.4. The van der Waals surface area contributed by atoms with Crippen molar-refractivity contribution in [3.05, 3.63) is 72.9 Å². The van der Waals surface area contributed by atoms with E-state index in [1.54, 1.807) is 0 Å². The second kappa shape index (κ2) is 49.5. The minimum Gasteiger partial charge on any atom is -0.462 e. The summed E-state index contributed by atoms with van der Waals surface area (Å²) >= 11 is 0. The maximum absolute atomic E-state index is 12.8. The van der Waals surface area contributed by atoms with E-state index in [-0.39, 0.29) is 31.1 Å². The van der Waals surface area contributed by atoms with Gasteiger partial charge in [-0.05, 0) is 96.3 Å². The van der Waals surface area contributed by atoms with Gasteiger partial charge in [-0.25, -0.2) is 0 Å². The van der Waals surface area contributed by atoms with Gasteiger partial charge in [0.25, 0.3) is 0 Å². The molecule has 61 heavy (non-hydrogen) atoms. The minimum absolute atomic E-state index is 0.106. The summed E-state index contributed by atoms with van der Waals surface area (Å²) in [7, 11) is 0. The van der Waals surface area contributed by atoms with Gasteiger partial charge in [-0.1, -0.05) is 196 Å². The third-order valence-corrected chi connectivity index (χ3v) is 10.7. The quantitative estimate of drug-likeness (QED) is 0.0263. The summed E-state index contributed by atoms with van der Waals surface area (Å²) in [5.41, 5.74) is 0. The minimum atomic E-state index is -0.803. The summed E-state index contributed by atoms with van der Waals surface area (Å²) in [5, 5.41) is 0. The largest absolute Gasteiger partial charge is 0.462 e. The smallest absolute Gasteiger partial charge is 0.306 e. The normalized spacial score (nSPS) is 12.2. The molecular formula is C55H94O6. The van der Waals surface area contributed by atoms with E-state index < -0.39 is 6.10 Å². The Kier molecular flexibility index (Phi) is 46.9. The molecule has 0 radical (unpaired) electrons. The summed E-state index contributed by atoms with van der Waals surface area (Å²) < 4.78 is 16.7. The van der Waals surface area contributed by atoms with Crippen molar-refractivity contribution in [2.75, 3.05) is 13.2 Å². The average Bonchev–Trinajstić information content (AvgIpc) is 3.26. The van der Waals surface area contributed by atoms with E-state index in [0.717, 1.165) is 83.5 Å². The molecule has 0 bridgehead atoms. The van der Waals surface area contributed by atoms with E-state index in [9.17, 15) is 14.4 Å². The van der Waals surface area contributed by atoms with Gasteiger partial charge in [-0.15, -0.1) is 0 Å². The van der Waals surface area contributed by atoms with Gasteiger partial charge in [-0.2, -0.15) is 0 Å². The van der Waals surface area contributed by atoms with Gasteiger partial charge < -0.3 is 14.2 Å². The molecule has 0 N–H and O–H groups in total. The van der Waals surface area contributed by atoms with Crippen molar-refractivity contribution in [3.63, 3.8) is 0 Å². The number of hydrogen-bond acceptors (Lipinski definition) is 6. The molecule has 0 atom stereocenters. The van der Waals surface area contributed by atoms with Gasteiger partial charge in [0.2, 0.25) is 0 Å². The highest BCUT2D eigenvalue weighted by molar-refractivity contribution is 5.71. The SMILES string of the molecule is CCCCC/C=C\C/C=C\C/C=C\CCCCC(=O)OCC(COC(=O)CCCC/C=C\C/C=C\C/C=C\CCCCC)OC(=O)CCCCCCCCCCCCCCC. The first kappa shape index (κ1) is 57.9. The van der Waals surface area contributed by atoms with Gasteiger partial charge in [0.15, 0.2) is 6.10 Å². The lowest BCUT2D eigenvalue weighted by molar-refractivity contribution is -0.167. The first-order valence-electron chi connectivity index (χ1n) is 25.4. The van der Waals surface area contributed by atoms with Gasteiger partial charge in [0.1, 0.15) is 13.2 Å². The molecule has 0 fully saturated rings. The van der Waals surface area contributed by atoms with Gasteiger partial charge in [-0.3, -0.25) is 14.4 Å². The first-order chi connectivity index (χ1) is 30.0. The third kappa shape index (κ3) is 47.7. The van der Waals surface area contributed by atoms with Crippen molar-refractivity contribution < 1.29 is 28.6 Å². The topological polar surface area (TPSA) is 78.9 Å². The van der Waals surface area contributed by atoms with Gasteiger partial charge in [0, 0.05) is 19.3 Å². The molecule has 0 aliphatic rings. The van der Waals surface area contributed by atoms with Crippen molar-refractivity contribution in [2.24, 2.45) is 0 Å². The van der Waals surface area contributed by atoms with Crippen LogP contribution in [0.5, 0.6) is 0 Å². The molecule has 0 aliphatic carbocycles. The number of unbranched alkanes of at least 4 members (excludes halogenated alkanes) is 22. The Balaban J connectivity index is 4.50. The highest BCUT2D eigenvalue weighted by Crippen LogP contribution is 2.14. The van der Waals surface area contributed by atoms with Crippen molar-refractivity contribution in [2.45, 2.75) is 245 Å². The van der Waals surface area contributed by atoms with E-state index in [1.165, 1.54) is 116 Å². The van der Waals surface area contributed by atoms with E-state index >= 15 is 0 Å². The molecule has 0 amide bonds. The number of allylic oxidation sites excluding steroid dienone is 12. The Hall–Kier alpha value is -3.15. The maximum Gasteiger partial charge on any atom is 0.306 e. The molecule has 0 aromatic carbocycles. The van der Waals surface area contributed by atoms with Gasteiger partial charge in [0.05, 0.1) is 0 Å². The highest BCUT2D eigenvalue weighted by Gasteiger charge is 2.19. The van der Waals surface area contributed by atoms with Crippen molar-refractivity contribution >= 4 is 17.9 Å². The van der Waals surface area contributed by atoms with Crippen LogP contribution >= 0.6 is 0 Å². The lowest BCUT2D eigenvalue weighted by Crippen LogP contribution is -2.30. The van der Waals surface area contributed by atoms with Crippen molar-refractivity contribution in [1.29, 1.82) is 0 Å². The average molecular weight is 851 g/mol. The van der Waals surface area contributed by atoms with Crippen LogP contribution in [0.1, 0.15) is 239 Å². The zero-order valence-electron chi connectivity index (χ0n) is 39.9. The second-order valence-electron chi connectivity index (χ2n) is 16.7. The summed E-state index contributed by atoms with van der Waals surface area (Å²) in [6.07, 6.45) is 61.7. The molecular weight excluding hydrogens is 757 g/mol. The van der Waals surface area contributed by atoms with Crippen LogP contribution in [0.3, 0.4) is 0 Å². The highest BCUT2D eigenvalue weighted by atomic mass is 16.6. The van der Waals surface area contributed by atoms with Crippen LogP contribution in [0.25, 0.3) is 0 Å². The van der Waals surface area contributed by atoms with Crippen molar-refractivity contribution in [3.8, 4) is 0 Å². The Labute approximate surface area is 376 Å². The number of ether oxygens (including phenoxy) is 3. The second-order valence-corrected chi connectivity index (χ2v) is 16.7. The van der Waals surface area contributed by atoms with Crippen LogP contribution in [0, 0.1) is 0 Å². The molecule has 6 nitrogen and oxygen atoms in total. The van der Waals surface area contributed by atoms with Crippen molar-refractivity contribution in [1.82, 2.24) is 0 Å². The summed E-state index contributed by atoms with van der Waals surface area (Å²) in [6, 6.07) is 0. The summed E-state index contributed by atoms with van der Waals surface area (Å²) in [6.45, 7) is 6.51. The molecule has 350 valence electrons. The predicted octanol–water partition coefficient (Wildman–Crippen LogP) is 16.6. The molecule has 0 saturated heterocycles. The fourth-order valence-electron chi connectivity index (χ4n) is 6.81. The van der Waals surface area contributed by atoms with E-state index in [2.05, 4.69) is 93.7 Å². The molecule has 0 rings (SSSR count). The molecule has 6 heteroatoms. The molecule has 0 saturated carbocycles. The number of esters is 3. The Morgan fingerprint density at radius 3 is 0.951 bits per heavy atom. The molecule has 0 spiro atoms. The molecule has 0 aliphatic heterocycles. The maximum atomic E-state index is 12.8. The Morgan fingerprint density at radius 1 is 0.328 bits per heavy atom. The van der Waals surface area contributed by atoms with Crippen LogP contribution in [-0.2, 0) is 28.6 Å². The van der Waals surface area contributed by atoms with E-state index in [4.69, 9.17) is 14.2 Å². The molecule has 0 heterocycles. The number of carbonyl (C=O) groups is 3. The molecule has 0 aromatic rings. The number of carbonyl (C=O) groups excluding carboxylic acids is 3. The van der Waals surface area contributed by atoms with Crippen LogP contribution in [0.4, 0.5) is 0 Å². The van der Waals surface area contributed by atoms with E-state index in [0.29, 0.717) is 19.3 Å². The standard InChI is InChI=1S/C55H94O6/c1-4-7-10-13-16-19-22-25-27-30-32-35-38-41-44-47-53(56)59-50-52(61-55(58)49-46-43-40-37-34-29-24-21-18-15-12-9-6-3)51-60-54(57)48-45-42-39-36-33-31-28-26-23-20-17-14-11-8-5-2/h16-17,19-20,25-28,32-33,35-36,52H,4-15,18,21-24,29-31,34,37-51H2,1-3H3/b19-16-,20-17-,27-25-,28-26-,35-32-,36-33-. The Bertz CT molecular complexity index is 1090. The fourth-order valence-corrected chi connectivity index (χ4v) is 6.81. The van der Waals surface area contributed by atoms with Crippen LogP contribution in [-0.4, -0.2) is 37.2 Å². The molecule has 0 aromatic heterocycles.